The fourth-order valence-electron chi connectivity index (χ4n) is 2.26. The van der Waals surface area contributed by atoms with Crippen LogP contribution in [0.15, 0.2) is 71.9 Å². The number of ether oxygens (including phenoxy) is 1. The summed E-state index contributed by atoms with van der Waals surface area (Å²) >= 11 is 0. The smallest absolute Gasteiger partial charge is 0.255 e. The van der Waals surface area contributed by atoms with Crippen LogP contribution in [0.2, 0.25) is 0 Å². The van der Waals surface area contributed by atoms with E-state index < -0.39 is 0 Å². The van der Waals surface area contributed by atoms with Gasteiger partial charge in [0.05, 0.1) is 6.20 Å². The Kier molecular flexibility index (Phi) is 3.80. The van der Waals surface area contributed by atoms with Crippen molar-refractivity contribution in [3.63, 3.8) is 0 Å². The number of rotatable bonds is 4. The summed E-state index contributed by atoms with van der Waals surface area (Å²) in [6.45, 7) is 0. The number of amides is 1. The first-order valence-corrected chi connectivity index (χ1v) is 7.46. The molecule has 0 atom stereocenters. The van der Waals surface area contributed by atoms with Crippen molar-refractivity contribution < 1.29 is 13.9 Å². The molecule has 25 heavy (non-hydrogen) atoms. The van der Waals surface area contributed by atoms with Crippen molar-refractivity contribution in [3.05, 3.63) is 73.0 Å². The average Bonchev–Trinajstić information content (AvgIpc) is 3.12. The molecule has 0 fully saturated rings. The highest BCUT2D eigenvalue weighted by atomic mass is 16.5. The molecule has 0 aliphatic carbocycles. The van der Waals surface area contributed by atoms with E-state index in [4.69, 9.17) is 9.15 Å². The molecule has 4 aromatic rings. The summed E-state index contributed by atoms with van der Waals surface area (Å²) < 4.78 is 10.8. The number of hydrogen-bond acceptors (Lipinski definition) is 6. The van der Waals surface area contributed by atoms with Gasteiger partial charge in [-0.25, -0.2) is 9.97 Å². The van der Waals surface area contributed by atoms with Crippen molar-refractivity contribution >= 4 is 22.7 Å². The molecule has 122 valence electrons. The molecule has 0 unspecified atom stereocenters. The van der Waals surface area contributed by atoms with Gasteiger partial charge in [-0.1, -0.05) is 0 Å². The highest BCUT2D eigenvalue weighted by Gasteiger charge is 2.09. The van der Waals surface area contributed by atoms with Crippen molar-refractivity contribution in [2.75, 3.05) is 5.32 Å². The van der Waals surface area contributed by atoms with Crippen LogP contribution in [0.3, 0.4) is 0 Å². The number of fused-ring (bicyclic) bond motifs is 1. The summed E-state index contributed by atoms with van der Waals surface area (Å²) in [6.07, 6.45) is 5.99. The minimum absolute atomic E-state index is 0.235. The van der Waals surface area contributed by atoms with Crippen LogP contribution >= 0.6 is 0 Å². The molecule has 0 saturated heterocycles. The Labute approximate surface area is 142 Å². The van der Waals surface area contributed by atoms with E-state index >= 15 is 0 Å². The molecule has 2 aromatic heterocycles. The molecule has 7 nitrogen and oxygen atoms in total. The van der Waals surface area contributed by atoms with Crippen molar-refractivity contribution in [3.8, 4) is 11.6 Å². The number of carbonyl (C=O) groups excluding carboxylic acids is 1. The largest absolute Gasteiger partial charge is 0.443 e. The monoisotopic (exact) mass is 332 g/mol. The Balaban J connectivity index is 1.46. The summed E-state index contributed by atoms with van der Waals surface area (Å²) in [5.74, 6) is 0.766. The molecule has 0 spiro atoms. The Morgan fingerprint density at radius 3 is 2.72 bits per heavy atom. The van der Waals surface area contributed by atoms with Gasteiger partial charge < -0.3 is 14.5 Å². The zero-order valence-electron chi connectivity index (χ0n) is 12.9. The topological polar surface area (TPSA) is 90.1 Å². The SMILES string of the molecule is O=C(Nc1ccc(Oc2cnccn2)cc1)c1ccc2ncoc2c1. The van der Waals surface area contributed by atoms with Crippen molar-refractivity contribution in [1.29, 1.82) is 0 Å². The molecule has 0 aliphatic heterocycles. The van der Waals surface area contributed by atoms with E-state index in [1.807, 2.05) is 0 Å². The molecule has 2 aromatic carbocycles. The Bertz CT molecular complexity index is 1010. The molecule has 0 bridgehead atoms. The highest BCUT2D eigenvalue weighted by Crippen LogP contribution is 2.21. The van der Waals surface area contributed by atoms with Crippen molar-refractivity contribution in [2.24, 2.45) is 0 Å². The molecular weight excluding hydrogens is 320 g/mol. The van der Waals surface area contributed by atoms with Crippen LogP contribution in [-0.2, 0) is 0 Å². The van der Waals surface area contributed by atoms with Crippen LogP contribution < -0.4 is 10.1 Å². The number of benzene rings is 2. The van der Waals surface area contributed by atoms with Crippen molar-refractivity contribution in [2.45, 2.75) is 0 Å². The van der Waals surface area contributed by atoms with Gasteiger partial charge in [0.1, 0.15) is 11.3 Å². The first-order chi connectivity index (χ1) is 12.3. The Morgan fingerprint density at radius 2 is 1.92 bits per heavy atom. The third kappa shape index (κ3) is 3.30. The summed E-state index contributed by atoms with van der Waals surface area (Å²) in [5.41, 5.74) is 2.42. The van der Waals surface area contributed by atoms with Gasteiger partial charge in [-0.2, -0.15) is 0 Å². The lowest BCUT2D eigenvalue weighted by molar-refractivity contribution is 0.102. The van der Waals surface area contributed by atoms with Crippen LogP contribution in [0, 0.1) is 0 Å². The Hall–Kier alpha value is -3.74. The third-order valence-corrected chi connectivity index (χ3v) is 3.47. The number of nitrogens with one attached hydrogen (secondary N) is 1. The van der Waals surface area contributed by atoms with E-state index in [2.05, 4.69) is 20.3 Å². The van der Waals surface area contributed by atoms with Crippen molar-refractivity contribution in [1.82, 2.24) is 15.0 Å². The highest BCUT2D eigenvalue weighted by molar-refractivity contribution is 6.05. The minimum atomic E-state index is -0.235. The summed E-state index contributed by atoms with van der Waals surface area (Å²) in [7, 11) is 0. The fourth-order valence-corrected chi connectivity index (χ4v) is 2.26. The molecule has 1 N–H and O–H groups in total. The van der Waals surface area contributed by atoms with E-state index in [-0.39, 0.29) is 5.91 Å². The van der Waals surface area contributed by atoms with Gasteiger partial charge in [0.2, 0.25) is 5.88 Å². The second-order valence-electron chi connectivity index (χ2n) is 5.16. The third-order valence-electron chi connectivity index (χ3n) is 3.47. The first kappa shape index (κ1) is 14.8. The number of carbonyl (C=O) groups is 1. The predicted molar refractivity (Wildman–Crippen MR) is 90.5 cm³/mol. The van der Waals surface area contributed by atoms with Crippen LogP contribution in [0.25, 0.3) is 11.1 Å². The van der Waals surface area contributed by atoms with E-state index in [1.54, 1.807) is 54.9 Å². The fraction of sp³-hybridized carbons (Fsp3) is 0. The molecule has 7 heteroatoms. The quantitative estimate of drug-likeness (QED) is 0.613. The average molecular weight is 332 g/mol. The Morgan fingerprint density at radius 1 is 1.04 bits per heavy atom. The lowest BCUT2D eigenvalue weighted by Crippen LogP contribution is -2.11. The minimum Gasteiger partial charge on any atom is -0.443 e. The predicted octanol–water partition coefficient (Wildman–Crippen LogP) is 3.66. The van der Waals surface area contributed by atoms with E-state index in [0.29, 0.717) is 34.0 Å². The molecule has 0 aliphatic rings. The summed E-state index contributed by atoms with van der Waals surface area (Å²) in [4.78, 5) is 24.3. The zero-order chi connectivity index (χ0) is 17.1. The van der Waals surface area contributed by atoms with E-state index in [9.17, 15) is 4.79 Å². The van der Waals surface area contributed by atoms with Crippen LogP contribution in [0.1, 0.15) is 10.4 Å². The number of oxazole rings is 1. The van der Waals surface area contributed by atoms with Gasteiger partial charge in [0, 0.05) is 23.6 Å². The molecule has 4 rings (SSSR count). The molecular formula is C18H12N4O3. The van der Waals surface area contributed by atoms with E-state index in [0.717, 1.165) is 0 Å². The normalized spacial score (nSPS) is 10.6. The van der Waals surface area contributed by atoms with Gasteiger partial charge >= 0.3 is 0 Å². The maximum absolute atomic E-state index is 12.3. The molecule has 2 heterocycles. The van der Waals surface area contributed by atoms with Gasteiger partial charge in [0.25, 0.3) is 5.91 Å². The van der Waals surface area contributed by atoms with Gasteiger partial charge in [-0.15, -0.1) is 0 Å². The number of hydrogen-bond donors (Lipinski definition) is 1. The van der Waals surface area contributed by atoms with Gasteiger partial charge in [-0.3, -0.25) is 9.78 Å². The molecule has 1 amide bonds. The van der Waals surface area contributed by atoms with Crippen LogP contribution in [-0.4, -0.2) is 20.9 Å². The summed E-state index contributed by atoms with van der Waals surface area (Å²) in [6, 6.07) is 12.1. The number of nitrogens with zero attached hydrogens (tertiary/aromatic N) is 3. The maximum atomic E-state index is 12.3. The molecule has 0 saturated carbocycles. The van der Waals surface area contributed by atoms with Gasteiger partial charge in [-0.05, 0) is 42.5 Å². The lowest BCUT2D eigenvalue weighted by Gasteiger charge is -2.07. The maximum Gasteiger partial charge on any atom is 0.255 e. The number of aromatic nitrogens is 3. The van der Waals surface area contributed by atoms with Crippen LogP contribution in [0.4, 0.5) is 5.69 Å². The number of anilines is 1. The zero-order valence-corrected chi connectivity index (χ0v) is 12.9. The van der Waals surface area contributed by atoms with Crippen LogP contribution in [0.5, 0.6) is 11.6 Å². The first-order valence-electron chi connectivity index (χ1n) is 7.46. The molecule has 0 radical (unpaired) electrons. The van der Waals surface area contributed by atoms with E-state index in [1.165, 1.54) is 12.6 Å². The summed E-state index contributed by atoms with van der Waals surface area (Å²) in [5, 5.41) is 2.82. The van der Waals surface area contributed by atoms with Gasteiger partial charge in [0.15, 0.2) is 12.0 Å². The second kappa shape index (κ2) is 6.40. The lowest BCUT2D eigenvalue weighted by atomic mass is 10.2. The second-order valence-corrected chi connectivity index (χ2v) is 5.16. The standard InChI is InChI=1S/C18H12N4O3/c23-18(12-1-6-15-16(9-12)24-11-21-15)22-13-2-4-14(5-3-13)25-17-10-19-7-8-20-17/h1-11H,(H,22,23).